The van der Waals surface area contributed by atoms with Crippen molar-refractivity contribution in [3.63, 3.8) is 0 Å². The number of ketones is 1. The van der Waals surface area contributed by atoms with Gasteiger partial charge in [0, 0.05) is 30.3 Å². The Hall–Kier alpha value is -3.63. The first-order valence-corrected chi connectivity index (χ1v) is 13.8. The van der Waals surface area contributed by atoms with Crippen molar-refractivity contribution in [2.45, 2.75) is 31.2 Å². The zero-order valence-electron chi connectivity index (χ0n) is 22.9. The summed E-state index contributed by atoms with van der Waals surface area (Å²) in [6.45, 7) is 1.61. The van der Waals surface area contributed by atoms with Crippen LogP contribution in [0.5, 0.6) is 11.5 Å². The van der Waals surface area contributed by atoms with Gasteiger partial charge in [-0.3, -0.25) is 14.4 Å². The van der Waals surface area contributed by atoms with Crippen molar-refractivity contribution in [1.82, 2.24) is 9.88 Å². The van der Waals surface area contributed by atoms with Gasteiger partial charge in [0.05, 0.1) is 37.2 Å². The van der Waals surface area contributed by atoms with E-state index < -0.39 is 23.4 Å². The number of thioether (sulfide) groups is 1. The number of benzene rings is 2. The number of hydrogen-bond donors (Lipinski definition) is 1. The van der Waals surface area contributed by atoms with Gasteiger partial charge in [-0.15, -0.1) is 0 Å². The molecule has 3 rings (SSSR count). The predicted octanol–water partition coefficient (Wildman–Crippen LogP) is 3.92. The number of aryl methyl sites for hydroxylation is 1. The fourth-order valence-electron chi connectivity index (χ4n) is 4.35. The van der Waals surface area contributed by atoms with Crippen LogP contribution in [0.25, 0.3) is 10.9 Å². The van der Waals surface area contributed by atoms with Gasteiger partial charge in [-0.25, -0.2) is 4.98 Å². The van der Waals surface area contributed by atoms with Gasteiger partial charge in [0.1, 0.15) is 11.5 Å². The molecule has 208 valence electrons. The number of esters is 1. The molecule has 2 aromatic carbocycles. The maximum atomic E-state index is 13.9. The van der Waals surface area contributed by atoms with Crippen LogP contribution >= 0.6 is 11.8 Å². The van der Waals surface area contributed by atoms with Gasteiger partial charge in [0.2, 0.25) is 12.1 Å². The molecule has 0 saturated heterocycles. The van der Waals surface area contributed by atoms with E-state index in [0.717, 1.165) is 16.5 Å². The zero-order valence-corrected chi connectivity index (χ0v) is 23.7. The van der Waals surface area contributed by atoms with E-state index in [1.54, 1.807) is 20.4 Å². The standard InChI is InChI=1S/C29H35N3O6S/c1-18-25(16-20-15-21(36-3)11-13-23(20)31-18)38-29(19-9-7-6-8-10-19)32(2)28(35)27(39-5)22(24(33)17-30)12-14-26(34)37-4/h6-11,13,15-16,22,27,29H,12,14,17,30H2,1-5H3. The number of methoxy groups -OCH3 is 2. The second-order valence-corrected chi connectivity index (χ2v) is 9.99. The minimum atomic E-state index is -0.814. The quantitative estimate of drug-likeness (QED) is 0.248. The molecule has 3 atom stereocenters. The molecule has 1 aromatic heterocycles. The van der Waals surface area contributed by atoms with Crippen LogP contribution in [0.3, 0.4) is 0 Å². The van der Waals surface area contributed by atoms with Crippen molar-refractivity contribution >= 4 is 40.3 Å². The molecule has 3 unspecified atom stereocenters. The summed E-state index contributed by atoms with van der Waals surface area (Å²) in [6.07, 6.45) is 1.10. The number of hydrogen-bond acceptors (Lipinski definition) is 9. The Morgan fingerprint density at radius 1 is 1.08 bits per heavy atom. The molecule has 0 bridgehead atoms. The van der Waals surface area contributed by atoms with Crippen LogP contribution in [-0.2, 0) is 19.1 Å². The summed E-state index contributed by atoms with van der Waals surface area (Å²) in [4.78, 5) is 44.7. The number of ether oxygens (including phenoxy) is 3. The number of rotatable bonds is 13. The van der Waals surface area contributed by atoms with Crippen molar-refractivity contribution in [1.29, 1.82) is 0 Å². The Balaban J connectivity index is 1.98. The number of pyridine rings is 1. The lowest BCUT2D eigenvalue weighted by Crippen LogP contribution is -2.45. The second kappa shape index (κ2) is 14.0. The molecule has 0 radical (unpaired) electrons. The molecule has 0 saturated carbocycles. The Labute approximate surface area is 233 Å². The molecule has 1 heterocycles. The molecule has 0 spiro atoms. The van der Waals surface area contributed by atoms with Crippen molar-refractivity contribution in [3.05, 3.63) is 65.9 Å². The average Bonchev–Trinajstić information content (AvgIpc) is 2.97. The summed E-state index contributed by atoms with van der Waals surface area (Å²) in [5.41, 5.74) is 7.87. The van der Waals surface area contributed by atoms with Crippen LogP contribution in [0.4, 0.5) is 0 Å². The highest BCUT2D eigenvalue weighted by Crippen LogP contribution is 2.33. The largest absolute Gasteiger partial charge is 0.497 e. The summed E-state index contributed by atoms with van der Waals surface area (Å²) in [5, 5.41) is 0.0553. The van der Waals surface area contributed by atoms with Crippen molar-refractivity contribution in [2.24, 2.45) is 11.7 Å². The molecule has 9 nitrogen and oxygen atoms in total. The number of carbonyl (C=O) groups excluding carboxylic acids is 3. The summed E-state index contributed by atoms with van der Waals surface area (Å²) in [5.74, 6) is -0.623. The van der Waals surface area contributed by atoms with E-state index in [0.29, 0.717) is 17.2 Å². The third-order valence-corrected chi connectivity index (χ3v) is 7.59. The van der Waals surface area contributed by atoms with Crippen LogP contribution < -0.4 is 15.2 Å². The molecule has 0 fully saturated rings. The van der Waals surface area contributed by atoms with Gasteiger partial charge >= 0.3 is 5.97 Å². The Kier molecular flexibility index (Phi) is 10.7. The highest BCUT2D eigenvalue weighted by molar-refractivity contribution is 8.00. The Morgan fingerprint density at radius 3 is 2.41 bits per heavy atom. The summed E-state index contributed by atoms with van der Waals surface area (Å²) in [7, 11) is 4.52. The fraction of sp³-hybridized carbons (Fsp3) is 0.379. The van der Waals surface area contributed by atoms with Gasteiger partial charge in [0.15, 0.2) is 5.78 Å². The monoisotopic (exact) mass is 553 g/mol. The number of amides is 1. The molecular weight excluding hydrogens is 518 g/mol. The number of fused-ring (bicyclic) bond motifs is 1. The van der Waals surface area contributed by atoms with Gasteiger partial charge in [-0.05, 0) is 43.9 Å². The smallest absolute Gasteiger partial charge is 0.305 e. The average molecular weight is 554 g/mol. The SMILES string of the molecule is COC(=O)CCC(C(=O)CN)C(SC)C(=O)N(C)C(Oc1cc2cc(OC)ccc2nc1C)c1ccccc1. The van der Waals surface area contributed by atoms with Crippen molar-refractivity contribution < 1.29 is 28.6 Å². The lowest BCUT2D eigenvalue weighted by atomic mass is 9.93. The molecule has 3 aromatic rings. The van der Waals surface area contributed by atoms with E-state index in [1.807, 2.05) is 61.5 Å². The minimum Gasteiger partial charge on any atom is -0.497 e. The summed E-state index contributed by atoms with van der Waals surface area (Å²) in [6, 6.07) is 16.8. The maximum absolute atomic E-state index is 13.9. The van der Waals surface area contributed by atoms with E-state index in [9.17, 15) is 14.4 Å². The molecule has 0 aliphatic rings. The third kappa shape index (κ3) is 7.27. The first-order chi connectivity index (χ1) is 18.7. The number of Topliss-reactive ketones (excluding diaryl/α,β-unsaturated/α-hetero) is 1. The first kappa shape index (κ1) is 29.9. The topological polar surface area (TPSA) is 121 Å². The van der Waals surface area contributed by atoms with E-state index in [1.165, 1.54) is 23.8 Å². The van der Waals surface area contributed by atoms with Crippen LogP contribution in [0.15, 0.2) is 54.6 Å². The van der Waals surface area contributed by atoms with Crippen molar-refractivity contribution in [3.8, 4) is 11.5 Å². The lowest BCUT2D eigenvalue weighted by molar-refractivity contribution is -0.143. The molecule has 1 amide bonds. The number of nitrogens with two attached hydrogens (primary N) is 1. The third-order valence-electron chi connectivity index (χ3n) is 6.55. The van der Waals surface area contributed by atoms with Gasteiger partial charge in [0.25, 0.3) is 0 Å². The van der Waals surface area contributed by atoms with Gasteiger partial charge in [-0.1, -0.05) is 30.3 Å². The first-order valence-electron chi connectivity index (χ1n) is 12.5. The number of aromatic nitrogens is 1. The molecule has 0 aliphatic carbocycles. The van der Waals surface area contributed by atoms with Crippen LogP contribution in [0.2, 0.25) is 0 Å². The van der Waals surface area contributed by atoms with E-state index in [4.69, 9.17) is 19.9 Å². The molecular formula is C29H35N3O6S. The highest BCUT2D eigenvalue weighted by Gasteiger charge is 2.37. The van der Waals surface area contributed by atoms with E-state index in [2.05, 4.69) is 4.98 Å². The predicted molar refractivity (Wildman–Crippen MR) is 152 cm³/mol. The minimum absolute atomic E-state index is 0.00495. The maximum Gasteiger partial charge on any atom is 0.305 e. The Morgan fingerprint density at radius 2 is 1.79 bits per heavy atom. The normalized spacial score (nSPS) is 13.3. The summed E-state index contributed by atoms with van der Waals surface area (Å²) >= 11 is 1.24. The summed E-state index contributed by atoms with van der Waals surface area (Å²) < 4.78 is 16.6. The fourth-order valence-corrected chi connectivity index (χ4v) is 5.33. The van der Waals surface area contributed by atoms with Crippen LogP contribution in [0.1, 0.15) is 30.3 Å². The Bertz CT molecular complexity index is 1300. The van der Waals surface area contributed by atoms with Crippen molar-refractivity contribution in [2.75, 3.05) is 34.1 Å². The molecule has 10 heteroatoms. The van der Waals surface area contributed by atoms with Crippen LogP contribution in [-0.4, -0.2) is 66.9 Å². The van der Waals surface area contributed by atoms with Gasteiger partial charge < -0.3 is 24.8 Å². The van der Waals surface area contributed by atoms with Gasteiger partial charge in [-0.2, -0.15) is 11.8 Å². The van der Waals surface area contributed by atoms with E-state index >= 15 is 0 Å². The van der Waals surface area contributed by atoms with Crippen LogP contribution in [0, 0.1) is 12.8 Å². The lowest BCUT2D eigenvalue weighted by Gasteiger charge is -2.33. The molecule has 0 aliphatic heterocycles. The molecule has 2 N–H and O–H groups in total. The molecule has 39 heavy (non-hydrogen) atoms. The van der Waals surface area contributed by atoms with E-state index in [-0.39, 0.29) is 31.1 Å². The number of nitrogens with zero attached hydrogens (tertiary/aromatic N) is 2. The number of carbonyl (C=O) groups is 3. The zero-order chi connectivity index (χ0) is 28.5. The second-order valence-electron chi connectivity index (χ2n) is 9.01. The highest BCUT2D eigenvalue weighted by atomic mass is 32.2.